The summed E-state index contributed by atoms with van der Waals surface area (Å²) >= 11 is 0. The lowest BCUT2D eigenvalue weighted by Crippen LogP contribution is -2.52. The summed E-state index contributed by atoms with van der Waals surface area (Å²) < 4.78 is 11.7. The fourth-order valence-corrected chi connectivity index (χ4v) is 8.72. The van der Waals surface area contributed by atoms with Crippen LogP contribution in [0.5, 0.6) is 0 Å². The highest BCUT2D eigenvalue weighted by molar-refractivity contribution is 6.76. The number of methoxy groups -OCH3 is 1. The lowest BCUT2D eigenvalue weighted by atomic mass is 9.51. The number of ketones is 1. The quantitative estimate of drug-likeness (QED) is 0.159. The van der Waals surface area contributed by atoms with Gasteiger partial charge in [0.2, 0.25) is 5.91 Å². The highest BCUT2D eigenvalue weighted by Gasteiger charge is 2.60. The number of allylic oxidation sites excluding steroid dienone is 4. The molecule has 1 heterocycles. The van der Waals surface area contributed by atoms with Gasteiger partial charge in [-0.2, -0.15) is 0 Å². The first-order valence-electron chi connectivity index (χ1n) is 15.4. The Balaban J connectivity index is 2.03. The first-order valence-corrected chi connectivity index (χ1v) is 19.1. The Hall–Kier alpha value is -1.73. The lowest BCUT2D eigenvalue weighted by Gasteiger charge is -2.52. The third kappa shape index (κ3) is 6.51. The Morgan fingerprint density at radius 1 is 1.20 bits per heavy atom. The van der Waals surface area contributed by atoms with Gasteiger partial charge in [-0.1, -0.05) is 77.1 Å². The lowest BCUT2D eigenvalue weighted by molar-refractivity contribution is -0.150. The average Bonchev–Trinajstić information content (AvgIpc) is 3.12. The molecule has 1 saturated heterocycles. The van der Waals surface area contributed by atoms with Crippen LogP contribution in [-0.2, 0) is 19.1 Å². The second-order valence-corrected chi connectivity index (χ2v) is 20.6. The predicted octanol–water partition coefficient (Wildman–Crippen LogP) is 7.87. The summed E-state index contributed by atoms with van der Waals surface area (Å²) in [5.41, 5.74) is 1.12. The molecule has 0 N–H and O–H groups in total. The van der Waals surface area contributed by atoms with E-state index in [9.17, 15) is 14.4 Å². The second kappa shape index (κ2) is 12.2. The number of carbonyl (C=O) groups is 3. The first kappa shape index (κ1) is 32.8. The number of carbonyl (C=O) groups excluding carboxylic acids is 3. The topological polar surface area (TPSA) is 72.9 Å². The molecular formula is C33H55NO5Si. The molecule has 7 heteroatoms. The molecule has 2 aliphatic carbocycles. The van der Waals surface area contributed by atoms with E-state index in [0.29, 0.717) is 12.3 Å². The number of Topliss-reactive ketones (excluding diaryl/α,β-unsaturated/α-hetero) is 1. The van der Waals surface area contributed by atoms with Crippen molar-refractivity contribution >= 4 is 25.9 Å². The molecule has 7 atom stereocenters. The van der Waals surface area contributed by atoms with Crippen molar-refractivity contribution in [1.29, 1.82) is 0 Å². The van der Waals surface area contributed by atoms with Crippen LogP contribution in [-0.4, -0.2) is 50.2 Å². The SMILES string of the molecule is C/C=C(\C)[C@@H]1C(C)=C[C@]2(C)C[C@H](C)CC[C@H]2[C@@H]1C(=O)C1C[C@](CC(C)C)(OC)N(C(=O)OCC[Si](C)(C)C)C1=O. The molecule has 2 amide bonds. The van der Waals surface area contributed by atoms with E-state index in [1.54, 1.807) is 7.11 Å². The summed E-state index contributed by atoms with van der Waals surface area (Å²) in [6.07, 6.45) is 7.59. The highest BCUT2D eigenvalue weighted by atomic mass is 28.3. The predicted molar refractivity (Wildman–Crippen MR) is 163 cm³/mol. The molecule has 2 fully saturated rings. The fraction of sp³-hybridized carbons (Fsp3) is 0.788. The smallest absolute Gasteiger partial charge is 0.418 e. The zero-order chi connectivity index (χ0) is 30.2. The van der Waals surface area contributed by atoms with E-state index in [1.807, 2.05) is 20.8 Å². The monoisotopic (exact) mass is 573 g/mol. The van der Waals surface area contributed by atoms with Crippen LogP contribution in [0.4, 0.5) is 4.79 Å². The van der Waals surface area contributed by atoms with Crippen LogP contribution >= 0.6 is 0 Å². The van der Waals surface area contributed by atoms with E-state index in [0.717, 1.165) is 25.3 Å². The Labute approximate surface area is 244 Å². The van der Waals surface area contributed by atoms with Gasteiger partial charge in [-0.25, -0.2) is 9.69 Å². The molecule has 3 aliphatic rings. The van der Waals surface area contributed by atoms with E-state index >= 15 is 0 Å². The van der Waals surface area contributed by atoms with Crippen molar-refractivity contribution < 1.29 is 23.9 Å². The van der Waals surface area contributed by atoms with Crippen LogP contribution in [0.3, 0.4) is 0 Å². The van der Waals surface area contributed by atoms with Crippen LogP contribution in [0.15, 0.2) is 23.3 Å². The van der Waals surface area contributed by atoms with Gasteiger partial charge in [0.25, 0.3) is 0 Å². The van der Waals surface area contributed by atoms with Gasteiger partial charge in [0.1, 0.15) is 11.7 Å². The minimum absolute atomic E-state index is 0.0305. The largest absolute Gasteiger partial charge is 0.449 e. The maximum absolute atomic E-state index is 14.8. The summed E-state index contributed by atoms with van der Waals surface area (Å²) in [5.74, 6) is -0.831. The van der Waals surface area contributed by atoms with Gasteiger partial charge < -0.3 is 9.47 Å². The maximum atomic E-state index is 14.8. The summed E-state index contributed by atoms with van der Waals surface area (Å²) in [6, 6.07) is 0.809. The molecule has 0 radical (unpaired) electrons. The highest BCUT2D eigenvalue weighted by Crippen LogP contribution is 2.57. The molecule has 6 nitrogen and oxygen atoms in total. The van der Waals surface area contributed by atoms with E-state index < -0.39 is 31.7 Å². The Morgan fingerprint density at radius 3 is 2.40 bits per heavy atom. The number of ether oxygens (including phenoxy) is 2. The fourth-order valence-electron chi connectivity index (χ4n) is 8.01. The number of hydrogen-bond donors (Lipinski definition) is 0. The number of rotatable bonds is 9. The van der Waals surface area contributed by atoms with Gasteiger partial charge in [-0.3, -0.25) is 9.59 Å². The van der Waals surface area contributed by atoms with Crippen LogP contribution < -0.4 is 0 Å². The molecule has 1 aliphatic heterocycles. The van der Waals surface area contributed by atoms with Crippen molar-refractivity contribution in [3.8, 4) is 0 Å². The molecule has 3 rings (SSSR count). The number of amides is 2. The van der Waals surface area contributed by atoms with Crippen LogP contribution in [0, 0.1) is 40.9 Å². The number of fused-ring (bicyclic) bond motifs is 1. The van der Waals surface area contributed by atoms with Crippen molar-refractivity contribution in [2.45, 2.75) is 112 Å². The summed E-state index contributed by atoms with van der Waals surface area (Å²) in [7, 11) is 0.107. The molecule has 0 aromatic carbocycles. The molecule has 0 spiro atoms. The van der Waals surface area contributed by atoms with Gasteiger partial charge in [0.15, 0.2) is 5.72 Å². The second-order valence-electron chi connectivity index (χ2n) is 14.9. The molecule has 1 saturated carbocycles. The van der Waals surface area contributed by atoms with Gasteiger partial charge in [0, 0.05) is 33.4 Å². The maximum Gasteiger partial charge on any atom is 0.418 e. The van der Waals surface area contributed by atoms with E-state index in [4.69, 9.17) is 9.47 Å². The van der Waals surface area contributed by atoms with Gasteiger partial charge >= 0.3 is 6.09 Å². The Morgan fingerprint density at radius 2 is 1.85 bits per heavy atom. The molecule has 0 aromatic heterocycles. The van der Waals surface area contributed by atoms with Crippen LogP contribution in [0.1, 0.15) is 80.6 Å². The number of nitrogens with zero attached hydrogens (tertiary/aromatic N) is 1. The average molecular weight is 574 g/mol. The molecule has 1 unspecified atom stereocenters. The van der Waals surface area contributed by atoms with Crippen molar-refractivity contribution in [3.63, 3.8) is 0 Å². The van der Waals surface area contributed by atoms with Crippen molar-refractivity contribution in [3.05, 3.63) is 23.3 Å². The third-order valence-corrected chi connectivity index (χ3v) is 11.6. The van der Waals surface area contributed by atoms with Crippen LogP contribution in [0.25, 0.3) is 0 Å². The van der Waals surface area contributed by atoms with Crippen molar-refractivity contribution in [2.24, 2.45) is 40.9 Å². The van der Waals surface area contributed by atoms with Gasteiger partial charge in [-0.15, -0.1) is 0 Å². The Kier molecular flexibility index (Phi) is 10.0. The molecule has 40 heavy (non-hydrogen) atoms. The molecule has 0 aromatic rings. The third-order valence-electron chi connectivity index (χ3n) is 9.88. The normalized spacial score (nSPS) is 35.0. The summed E-state index contributed by atoms with van der Waals surface area (Å²) in [6.45, 7) is 21.9. The number of hydrogen-bond acceptors (Lipinski definition) is 5. The summed E-state index contributed by atoms with van der Waals surface area (Å²) in [4.78, 5) is 43.6. The van der Waals surface area contributed by atoms with Crippen molar-refractivity contribution in [2.75, 3.05) is 13.7 Å². The molecule has 0 bridgehead atoms. The minimum Gasteiger partial charge on any atom is -0.449 e. The van der Waals surface area contributed by atoms with Gasteiger partial charge in [-0.05, 0) is 69.2 Å². The number of imide groups is 1. The Bertz CT molecular complexity index is 1040. The van der Waals surface area contributed by atoms with Crippen LogP contribution in [0.2, 0.25) is 25.7 Å². The van der Waals surface area contributed by atoms with Crippen molar-refractivity contribution in [1.82, 2.24) is 4.90 Å². The number of likely N-dealkylation sites (tertiary alicyclic amines) is 1. The summed E-state index contributed by atoms with van der Waals surface area (Å²) in [5, 5.41) is 0. The van der Waals surface area contributed by atoms with E-state index in [-0.39, 0.29) is 47.9 Å². The first-order chi connectivity index (χ1) is 18.5. The van der Waals surface area contributed by atoms with E-state index in [1.165, 1.54) is 16.0 Å². The minimum atomic E-state index is -1.44. The van der Waals surface area contributed by atoms with E-state index in [2.05, 4.69) is 59.5 Å². The zero-order valence-electron chi connectivity index (χ0n) is 27.1. The van der Waals surface area contributed by atoms with Gasteiger partial charge in [0.05, 0.1) is 6.61 Å². The molecule has 226 valence electrons. The molecular weight excluding hydrogens is 518 g/mol. The zero-order valence-corrected chi connectivity index (χ0v) is 28.1. The standard InChI is InChI=1S/C33H55NO5Si/c1-12-23(5)27-24(6)19-32(7)18-22(4)13-14-26(32)28(27)29(35)25-20-33(38-8,17-21(2)3)34(30(25)36)31(37)39-15-16-40(9,10)11/h12,19,21-22,25-28H,13-18,20H2,1-11H3/b23-12+/t22-,25?,26+,27-,28+,32+,33+/m1/s1.